The lowest BCUT2D eigenvalue weighted by molar-refractivity contribution is 0.257. The summed E-state index contributed by atoms with van der Waals surface area (Å²) in [7, 11) is 0. The summed E-state index contributed by atoms with van der Waals surface area (Å²) in [5, 5.41) is -0.281. The van der Waals surface area contributed by atoms with Gasteiger partial charge in [0.15, 0.2) is 23.0 Å². The Morgan fingerprint density at radius 3 is 0.841 bits per heavy atom. The van der Waals surface area contributed by atoms with Crippen molar-refractivity contribution in [3.63, 3.8) is 0 Å². The summed E-state index contributed by atoms with van der Waals surface area (Å²) in [6.07, 6.45) is 51.9. The van der Waals surface area contributed by atoms with E-state index in [9.17, 15) is 0 Å². The van der Waals surface area contributed by atoms with Gasteiger partial charge in [-0.1, -0.05) is 295 Å². The Kier molecular flexibility index (Phi) is 41.6. The average molecular weight is 1170 g/mol. The summed E-state index contributed by atoms with van der Waals surface area (Å²) < 4.78 is 38.4. The van der Waals surface area contributed by atoms with E-state index in [2.05, 4.69) is 27.7 Å². The number of rotatable bonds is 55. The van der Waals surface area contributed by atoms with Crippen LogP contribution in [0.1, 0.15) is 301 Å². The zero-order chi connectivity index (χ0) is 58.2. The van der Waals surface area contributed by atoms with Crippen LogP contribution >= 0.6 is 24.8 Å². The van der Waals surface area contributed by atoms with Crippen LogP contribution in [0.3, 0.4) is 0 Å². The maximum Gasteiger partial charge on any atom is 0.164 e. The summed E-state index contributed by atoms with van der Waals surface area (Å²) in [6, 6.07) is 28.0. The highest BCUT2D eigenvalue weighted by molar-refractivity contribution is 7.86. The van der Waals surface area contributed by atoms with Gasteiger partial charge in [0.25, 0.3) is 0 Å². The van der Waals surface area contributed by atoms with Crippen LogP contribution in [0.4, 0.5) is 0 Å². The average Bonchev–Trinajstić information content (AvgIpc) is 3.55. The van der Waals surface area contributed by atoms with Gasteiger partial charge in [-0.15, -0.1) is 0 Å². The van der Waals surface area contributed by atoms with Crippen molar-refractivity contribution in [2.75, 3.05) is 26.4 Å². The summed E-state index contributed by atoms with van der Waals surface area (Å²) in [6.45, 7) is 11.8. The second-order valence-electron chi connectivity index (χ2n) is 23.4. The van der Waals surface area contributed by atoms with E-state index in [1.165, 1.54) is 231 Å². The van der Waals surface area contributed by atoms with Crippen LogP contribution in [0.25, 0.3) is 0 Å². The molecule has 1 unspecified atom stereocenters. The van der Waals surface area contributed by atoms with E-state index in [4.69, 9.17) is 53.3 Å². The summed E-state index contributed by atoms with van der Waals surface area (Å²) in [4.78, 5) is 0.743. The largest absolute Gasteiger partial charge is 0.490 e. The standard InChI is InChI=1S/C74H116O6S2/c1-5-9-13-17-21-25-29-33-37-41-57-75-69-55-53-67(61-71(69)77-59-43-39-35-31-27-23-19-15-11-7-3)79-65-49-45-63(46-50-65)73(81)74(82)64-47-51-66(52-48-64)80-68-54-56-70(76-58-42-38-34-30-26-22-18-14-10-6-2)72(62-68)78-60-44-40-36-32-28-24-20-16-12-8-4/h45-56,61-62,73,81H,5-44,57-60H2,1-4H3. The third kappa shape index (κ3) is 33.0. The van der Waals surface area contributed by atoms with Gasteiger partial charge >= 0.3 is 0 Å². The van der Waals surface area contributed by atoms with Crippen molar-refractivity contribution < 1.29 is 28.4 Å². The van der Waals surface area contributed by atoms with E-state index < -0.39 is 0 Å². The van der Waals surface area contributed by atoms with Gasteiger partial charge in [-0.05, 0) is 85.3 Å². The zero-order valence-electron chi connectivity index (χ0n) is 52.6. The fourth-order valence-electron chi connectivity index (χ4n) is 10.6. The SMILES string of the molecule is CCCCCCCCCCCCOc1ccc(Oc2ccc(C(=S)C(S)c3ccc(Oc4ccc(OCCCCCCCCCCCC)c(OCCCCCCCCCCCC)c4)cc3)cc2)cc1OCCCCCCCCCCCC. The summed E-state index contributed by atoms with van der Waals surface area (Å²) in [5.41, 5.74) is 1.93. The van der Waals surface area contributed by atoms with Crippen molar-refractivity contribution in [3.05, 3.63) is 96.1 Å². The maximum absolute atomic E-state index is 6.43. The van der Waals surface area contributed by atoms with E-state index in [-0.39, 0.29) is 5.25 Å². The smallest absolute Gasteiger partial charge is 0.164 e. The Labute approximate surface area is 513 Å². The third-order valence-electron chi connectivity index (χ3n) is 15.9. The lowest BCUT2D eigenvalue weighted by Gasteiger charge is -2.16. The van der Waals surface area contributed by atoms with Crippen molar-refractivity contribution in [1.82, 2.24) is 0 Å². The Hall–Kier alpha value is -3.88. The molecule has 8 heteroatoms. The van der Waals surface area contributed by atoms with E-state index >= 15 is 0 Å². The van der Waals surface area contributed by atoms with Gasteiger partial charge in [0.1, 0.15) is 23.0 Å². The van der Waals surface area contributed by atoms with Crippen LogP contribution in [-0.2, 0) is 0 Å². The molecule has 0 saturated heterocycles. The Balaban J connectivity index is 1.29. The van der Waals surface area contributed by atoms with Crippen LogP contribution in [0.5, 0.6) is 46.0 Å². The number of hydrogen-bond acceptors (Lipinski definition) is 8. The quantitative estimate of drug-likeness (QED) is 0.0205. The van der Waals surface area contributed by atoms with Crippen LogP contribution in [0.15, 0.2) is 84.9 Å². The predicted molar refractivity (Wildman–Crippen MR) is 359 cm³/mol. The minimum Gasteiger partial charge on any atom is -0.490 e. The van der Waals surface area contributed by atoms with Gasteiger partial charge in [0.05, 0.1) is 31.7 Å². The molecule has 0 N–H and O–H groups in total. The van der Waals surface area contributed by atoms with Gasteiger partial charge in [-0.2, -0.15) is 12.6 Å². The number of benzene rings is 4. The monoisotopic (exact) mass is 1160 g/mol. The van der Waals surface area contributed by atoms with Crippen molar-refractivity contribution in [2.24, 2.45) is 0 Å². The van der Waals surface area contributed by atoms with Gasteiger partial charge in [-0.3, -0.25) is 0 Å². The minimum atomic E-state index is -0.281. The molecule has 0 aliphatic carbocycles. The van der Waals surface area contributed by atoms with E-state index in [0.717, 1.165) is 76.2 Å². The van der Waals surface area contributed by atoms with E-state index in [1.807, 2.05) is 84.9 Å². The molecule has 82 heavy (non-hydrogen) atoms. The molecule has 4 aromatic carbocycles. The molecule has 0 aliphatic heterocycles. The fourth-order valence-corrected chi connectivity index (χ4v) is 11.2. The molecule has 0 heterocycles. The molecule has 0 aliphatic rings. The van der Waals surface area contributed by atoms with Gasteiger partial charge in [0, 0.05) is 17.0 Å². The molecule has 460 valence electrons. The second kappa shape index (κ2) is 48.4. The lowest BCUT2D eigenvalue weighted by Crippen LogP contribution is -2.06. The highest BCUT2D eigenvalue weighted by atomic mass is 32.1. The minimum absolute atomic E-state index is 0.281. The third-order valence-corrected chi connectivity index (χ3v) is 17.1. The second-order valence-corrected chi connectivity index (χ2v) is 24.4. The number of ether oxygens (including phenoxy) is 6. The predicted octanol–water partition coefficient (Wildman–Crippen LogP) is 24.9. The van der Waals surface area contributed by atoms with Gasteiger partial charge < -0.3 is 28.4 Å². The number of hydrogen-bond donors (Lipinski definition) is 1. The van der Waals surface area contributed by atoms with Crippen molar-refractivity contribution in [2.45, 2.75) is 290 Å². The first kappa shape index (κ1) is 70.6. The molecule has 0 bridgehead atoms. The Morgan fingerprint density at radius 1 is 0.305 bits per heavy atom. The molecular formula is C74H116O6S2. The molecule has 4 aromatic rings. The topological polar surface area (TPSA) is 55.4 Å². The van der Waals surface area contributed by atoms with Gasteiger partial charge in [-0.25, -0.2) is 0 Å². The summed E-state index contributed by atoms with van der Waals surface area (Å²) >= 11 is 11.1. The zero-order valence-corrected chi connectivity index (χ0v) is 54.3. The molecular weight excluding hydrogens is 1050 g/mol. The van der Waals surface area contributed by atoms with Crippen LogP contribution in [0.2, 0.25) is 0 Å². The van der Waals surface area contributed by atoms with Crippen molar-refractivity contribution in [1.29, 1.82) is 0 Å². The Bertz CT molecular complexity index is 2140. The van der Waals surface area contributed by atoms with Crippen LogP contribution < -0.4 is 28.4 Å². The van der Waals surface area contributed by atoms with Crippen molar-refractivity contribution in [3.8, 4) is 46.0 Å². The fraction of sp³-hybridized carbons (Fsp3) is 0.662. The molecule has 0 spiro atoms. The van der Waals surface area contributed by atoms with Crippen molar-refractivity contribution >= 4 is 29.7 Å². The first-order chi connectivity index (χ1) is 40.4. The number of thiol groups is 1. The molecule has 0 saturated carbocycles. The molecule has 6 nitrogen and oxygen atoms in total. The normalized spacial score (nSPS) is 11.7. The molecule has 0 aromatic heterocycles. The molecule has 0 amide bonds. The maximum atomic E-state index is 6.43. The molecule has 1 atom stereocenters. The summed E-state index contributed by atoms with van der Waals surface area (Å²) in [5.74, 6) is 5.97. The highest BCUT2D eigenvalue weighted by Crippen LogP contribution is 2.37. The number of thiocarbonyl (C=S) groups is 1. The highest BCUT2D eigenvalue weighted by Gasteiger charge is 2.17. The van der Waals surface area contributed by atoms with E-state index in [1.54, 1.807) is 0 Å². The molecule has 4 rings (SSSR count). The van der Waals surface area contributed by atoms with Crippen LogP contribution in [0, 0.1) is 0 Å². The lowest BCUT2D eigenvalue weighted by atomic mass is 10.0. The molecule has 0 radical (unpaired) electrons. The van der Waals surface area contributed by atoms with Crippen LogP contribution in [-0.4, -0.2) is 31.3 Å². The van der Waals surface area contributed by atoms with E-state index in [0.29, 0.717) is 37.9 Å². The molecule has 0 fully saturated rings. The first-order valence-corrected chi connectivity index (χ1v) is 34.9. The Morgan fingerprint density at radius 2 is 0.549 bits per heavy atom. The van der Waals surface area contributed by atoms with Gasteiger partial charge in [0.2, 0.25) is 0 Å². The number of unbranched alkanes of at least 4 members (excludes halogenated alkanes) is 36. The first-order valence-electron chi connectivity index (χ1n) is 34.0.